The largest absolute Gasteiger partial charge is 0.477 e. The van der Waals surface area contributed by atoms with Crippen LogP contribution < -0.4 is 5.43 Å². The molecule has 0 saturated carbocycles. The van der Waals surface area contributed by atoms with Crippen molar-refractivity contribution in [3.63, 3.8) is 0 Å². The number of carboxylic acid groups (broad SMARTS) is 1. The van der Waals surface area contributed by atoms with Gasteiger partial charge in [-0.1, -0.05) is 36.8 Å². The summed E-state index contributed by atoms with van der Waals surface area (Å²) in [6.07, 6.45) is 5.08. The van der Waals surface area contributed by atoms with Gasteiger partial charge in [-0.3, -0.25) is 4.79 Å². The summed E-state index contributed by atoms with van der Waals surface area (Å²) in [5, 5.41) is 9.44. The fourth-order valence-corrected chi connectivity index (χ4v) is 3.28. The van der Waals surface area contributed by atoms with E-state index in [1.165, 1.54) is 6.20 Å². The minimum atomic E-state index is -1.19. The highest BCUT2D eigenvalue weighted by Crippen LogP contribution is 2.32. The Kier molecular flexibility index (Phi) is 4.77. The zero-order valence-electron chi connectivity index (χ0n) is 14.6. The third-order valence-electron chi connectivity index (χ3n) is 4.94. The van der Waals surface area contributed by atoms with Crippen molar-refractivity contribution in [1.29, 1.82) is 0 Å². The number of aromatic nitrogens is 1. The van der Waals surface area contributed by atoms with Crippen LogP contribution >= 0.6 is 0 Å². The maximum Gasteiger partial charge on any atom is 0.341 e. The van der Waals surface area contributed by atoms with E-state index in [1.807, 2.05) is 35.8 Å². The summed E-state index contributed by atoms with van der Waals surface area (Å²) in [5.41, 5.74) is 1.67. The fraction of sp³-hybridized carbons (Fsp3) is 0.400. The summed E-state index contributed by atoms with van der Waals surface area (Å²) in [6.45, 7) is 6.25. The van der Waals surface area contributed by atoms with Crippen LogP contribution in [0.4, 0.5) is 0 Å². The van der Waals surface area contributed by atoms with Crippen molar-refractivity contribution in [1.82, 2.24) is 4.57 Å². The maximum atomic E-state index is 12.6. The van der Waals surface area contributed by atoms with Crippen molar-refractivity contribution in [2.24, 2.45) is 5.41 Å². The van der Waals surface area contributed by atoms with Gasteiger partial charge < -0.3 is 14.4 Å². The Bertz CT molecular complexity index is 830. The molecule has 3 rings (SSSR count). The smallest absolute Gasteiger partial charge is 0.341 e. The van der Waals surface area contributed by atoms with Gasteiger partial charge >= 0.3 is 5.97 Å². The van der Waals surface area contributed by atoms with Crippen molar-refractivity contribution in [2.75, 3.05) is 13.2 Å². The predicted molar refractivity (Wildman–Crippen MR) is 96.0 cm³/mol. The second-order valence-electron chi connectivity index (χ2n) is 7.18. The molecule has 25 heavy (non-hydrogen) atoms. The van der Waals surface area contributed by atoms with E-state index in [1.54, 1.807) is 6.20 Å². The molecule has 0 atom stereocenters. The molecule has 2 aromatic rings. The first-order chi connectivity index (χ1) is 11.9. The van der Waals surface area contributed by atoms with Gasteiger partial charge in [-0.15, -0.1) is 0 Å². The van der Waals surface area contributed by atoms with Gasteiger partial charge in [0.2, 0.25) is 5.43 Å². The molecule has 0 aliphatic carbocycles. The number of aryl methyl sites for hydroxylation is 1. The Morgan fingerprint density at radius 1 is 1.20 bits per heavy atom. The summed E-state index contributed by atoms with van der Waals surface area (Å²) < 4.78 is 7.29. The topological polar surface area (TPSA) is 68.5 Å². The van der Waals surface area contributed by atoms with Gasteiger partial charge in [-0.25, -0.2) is 4.79 Å². The lowest BCUT2D eigenvalue weighted by molar-refractivity contribution is 0.0154. The minimum Gasteiger partial charge on any atom is -0.477 e. The predicted octanol–water partition coefficient (Wildman–Crippen LogP) is 3.34. The summed E-state index contributed by atoms with van der Waals surface area (Å²) in [4.78, 5) is 24.2. The van der Waals surface area contributed by atoms with E-state index in [0.29, 0.717) is 25.3 Å². The summed E-state index contributed by atoms with van der Waals surface area (Å²) in [7, 11) is 0. The quantitative estimate of drug-likeness (QED) is 0.926. The van der Waals surface area contributed by atoms with Gasteiger partial charge in [0.25, 0.3) is 0 Å². The third kappa shape index (κ3) is 3.82. The highest BCUT2D eigenvalue weighted by Gasteiger charge is 2.28. The zero-order valence-corrected chi connectivity index (χ0v) is 14.6. The number of benzene rings is 1. The molecule has 0 bridgehead atoms. The van der Waals surface area contributed by atoms with Crippen LogP contribution in [0.3, 0.4) is 0 Å². The highest BCUT2D eigenvalue weighted by molar-refractivity contribution is 5.88. The van der Waals surface area contributed by atoms with Crippen LogP contribution in [0.15, 0.2) is 41.5 Å². The van der Waals surface area contributed by atoms with E-state index in [0.717, 1.165) is 24.0 Å². The fourth-order valence-electron chi connectivity index (χ4n) is 3.28. The van der Waals surface area contributed by atoms with E-state index in [2.05, 4.69) is 6.92 Å². The first-order valence-corrected chi connectivity index (χ1v) is 8.50. The van der Waals surface area contributed by atoms with Crippen LogP contribution in [0.1, 0.15) is 35.7 Å². The average molecular weight is 341 g/mol. The summed E-state index contributed by atoms with van der Waals surface area (Å²) in [5.74, 6) is -1.19. The lowest BCUT2D eigenvalue weighted by Gasteiger charge is -2.34. The molecule has 1 aromatic carbocycles. The van der Waals surface area contributed by atoms with Crippen LogP contribution in [0, 0.1) is 12.3 Å². The van der Waals surface area contributed by atoms with E-state index < -0.39 is 11.4 Å². The number of aromatic carboxylic acids is 1. The van der Waals surface area contributed by atoms with Crippen molar-refractivity contribution >= 4 is 5.97 Å². The minimum absolute atomic E-state index is 0.0354. The van der Waals surface area contributed by atoms with Crippen molar-refractivity contribution in [2.45, 2.75) is 33.2 Å². The lowest BCUT2D eigenvalue weighted by Crippen LogP contribution is -2.32. The Balaban J connectivity index is 2.05. The molecule has 1 N–H and O–H groups in total. The zero-order chi connectivity index (χ0) is 18.0. The number of hydrogen-bond donors (Lipinski definition) is 1. The van der Waals surface area contributed by atoms with Crippen LogP contribution in [0.5, 0.6) is 0 Å². The first kappa shape index (κ1) is 17.4. The van der Waals surface area contributed by atoms with Crippen molar-refractivity contribution < 1.29 is 14.6 Å². The SMILES string of the molecule is Cc1ccc(-c2cn(CC3(C)CCOCC3)cc(C(=O)O)c2=O)cc1. The molecule has 1 aromatic heterocycles. The highest BCUT2D eigenvalue weighted by atomic mass is 16.5. The Morgan fingerprint density at radius 2 is 1.84 bits per heavy atom. The van der Waals surface area contributed by atoms with Gasteiger partial charge in [-0.2, -0.15) is 0 Å². The number of rotatable bonds is 4. The standard InChI is InChI=1S/C20H23NO4/c1-14-3-5-15(6-4-14)16-11-21(12-17(18(16)22)19(23)24)13-20(2)7-9-25-10-8-20/h3-6,11-12H,7-10,13H2,1-2H3,(H,23,24). The Morgan fingerprint density at radius 3 is 2.44 bits per heavy atom. The van der Waals surface area contributed by atoms with Crippen molar-refractivity contribution in [3.8, 4) is 11.1 Å². The van der Waals surface area contributed by atoms with Crippen LogP contribution in [0.25, 0.3) is 11.1 Å². The molecule has 1 saturated heterocycles. The lowest BCUT2D eigenvalue weighted by atomic mass is 9.82. The normalized spacial score (nSPS) is 16.6. The van der Waals surface area contributed by atoms with Crippen LogP contribution in [-0.2, 0) is 11.3 Å². The third-order valence-corrected chi connectivity index (χ3v) is 4.94. The number of carbonyl (C=O) groups is 1. The molecule has 0 amide bonds. The average Bonchev–Trinajstić information content (AvgIpc) is 2.57. The monoisotopic (exact) mass is 341 g/mol. The van der Waals surface area contributed by atoms with E-state index in [4.69, 9.17) is 4.74 Å². The molecule has 1 fully saturated rings. The summed E-state index contributed by atoms with van der Waals surface area (Å²) >= 11 is 0. The van der Waals surface area contributed by atoms with Gasteiger partial charge in [0.1, 0.15) is 5.56 Å². The second-order valence-corrected chi connectivity index (χ2v) is 7.18. The molecule has 0 unspecified atom stereocenters. The number of pyridine rings is 1. The first-order valence-electron chi connectivity index (χ1n) is 8.50. The Labute approximate surface area is 146 Å². The van der Waals surface area contributed by atoms with E-state index in [-0.39, 0.29) is 11.0 Å². The molecule has 132 valence electrons. The van der Waals surface area contributed by atoms with Gasteiger partial charge in [0.15, 0.2) is 0 Å². The summed E-state index contributed by atoms with van der Waals surface area (Å²) in [6, 6.07) is 7.56. The number of ether oxygens (including phenoxy) is 1. The molecular formula is C20H23NO4. The van der Waals surface area contributed by atoms with Gasteiger partial charge in [0, 0.05) is 37.7 Å². The number of carboxylic acids is 1. The number of hydrogen-bond acceptors (Lipinski definition) is 3. The maximum absolute atomic E-state index is 12.6. The van der Waals surface area contributed by atoms with Crippen LogP contribution in [0.2, 0.25) is 0 Å². The van der Waals surface area contributed by atoms with Gasteiger partial charge in [-0.05, 0) is 30.7 Å². The molecular weight excluding hydrogens is 318 g/mol. The van der Waals surface area contributed by atoms with E-state index >= 15 is 0 Å². The van der Waals surface area contributed by atoms with Gasteiger partial charge in [0.05, 0.1) is 0 Å². The molecule has 2 heterocycles. The molecule has 5 heteroatoms. The Hall–Kier alpha value is -2.40. The van der Waals surface area contributed by atoms with Crippen LogP contribution in [-0.4, -0.2) is 28.9 Å². The van der Waals surface area contributed by atoms with E-state index in [9.17, 15) is 14.7 Å². The molecule has 1 aliphatic heterocycles. The molecule has 0 spiro atoms. The van der Waals surface area contributed by atoms with Crippen molar-refractivity contribution in [3.05, 3.63) is 58.0 Å². The molecule has 0 radical (unpaired) electrons. The number of nitrogens with zero attached hydrogens (tertiary/aromatic N) is 1. The molecule has 1 aliphatic rings. The molecule has 5 nitrogen and oxygen atoms in total. The second kappa shape index (κ2) is 6.84.